The van der Waals surface area contributed by atoms with Crippen molar-refractivity contribution in [3.05, 3.63) is 33.9 Å². The molecule has 0 bridgehead atoms. The Morgan fingerprint density at radius 1 is 1.39 bits per heavy atom. The number of aliphatic hydroxyl groups is 1. The number of nitro groups is 1. The lowest BCUT2D eigenvalue weighted by atomic mass is 10.1. The Morgan fingerprint density at radius 2 is 2.06 bits per heavy atom. The van der Waals surface area contributed by atoms with E-state index in [4.69, 9.17) is 0 Å². The summed E-state index contributed by atoms with van der Waals surface area (Å²) in [6.07, 6.45) is 0. The molecule has 100 valence electrons. The van der Waals surface area contributed by atoms with Gasteiger partial charge in [-0.1, -0.05) is 0 Å². The first kappa shape index (κ1) is 14.7. The van der Waals surface area contributed by atoms with Crippen molar-refractivity contribution < 1.29 is 10.0 Å². The Balaban J connectivity index is 0.00000162. The second kappa shape index (κ2) is 6.53. The number of piperazine rings is 1. The molecule has 0 saturated carbocycles. The van der Waals surface area contributed by atoms with E-state index in [1.165, 1.54) is 12.1 Å². The molecule has 1 saturated heterocycles. The number of anilines is 1. The first-order valence-electron chi connectivity index (χ1n) is 5.56. The minimum Gasteiger partial charge on any atom is -0.392 e. The molecule has 18 heavy (non-hydrogen) atoms. The minimum atomic E-state index is -0.444. The maximum absolute atomic E-state index is 10.7. The van der Waals surface area contributed by atoms with Gasteiger partial charge in [-0.25, -0.2) is 0 Å². The van der Waals surface area contributed by atoms with Gasteiger partial charge in [-0.3, -0.25) is 10.1 Å². The highest BCUT2D eigenvalue weighted by Gasteiger charge is 2.16. The summed E-state index contributed by atoms with van der Waals surface area (Å²) in [4.78, 5) is 12.3. The monoisotopic (exact) mass is 273 g/mol. The van der Waals surface area contributed by atoms with Crippen LogP contribution >= 0.6 is 12.4 Å². The zero-order valence-corrected chi connectivity index (χ0v) is 10.7. The number of non-ortho nitro benzene ring substituents is 1. The number of benzene rings is 1. The number of hydrogen-bond donors (Lipinski definition) is 2. The molecule has 0 amide bonds. The van der Waals surface area contributed by atoms with Crippen LogP contribution in [0.1, 0.15) is 5.56 Å². The summed E-state index contributed by atoms with van der Waals surface area (Å²) in [5.74, 6) is 0. The van der Waals surface area contributed by atoms with Gasteiger partial charge >= 0.3 is 0 Å². The molecule has 6 nitrogen and oxygen atoms in total. The molecule has 0 atom stereocenters. The fourth-order valence-electron chi connectivity index (χ4n) is 2.03. The van der Waals surface area contributed by atoms with Crippen molar-refractivity contribution in [1.29, 1.82) is 0 Å². The summed E-state index contributed by atoms with van der Waals surface area (Å²) < 4.78 is 0. The topological polar surface area (TPSA) is 78.6 Å². The molecule has 1 aromatic rings. The Labute approximate surface area is 111 Å². The number of rotatable bonds is 3. The number of nitrogens with zero attached hydrogens (tertiary/aromatic N) is 2. The fourth-order valence-corrected chi connectivity index (χ4v) is 2.03. The average Bonchev–Trinajstić information content (AvgIpc) is 2.39. The summed E-state index contributed by atoms with van der Waals surface area (Å²) in [5.41, 5.74) is 1.52. The smallest absolute Gasteiger partial charge is 0.269 e. The predicted molar refractivity (Wildman–Crippen MR) is 71.3 cm³/mol. The molecule has 0 aromatic heterocycles. The highest BCUT2D eigenvalue weighted by Crippen LogP contribution is 2.25. The van der Waals surface area contributed by atoms with E-state index in [0.717, 1.165) is 31.9 Å². The Morgan fingerprint density at radius 3 is 2.61 bits per heavy atom. The lowest BCUT2D eigenvalue weighted by Gasteiger charge is -2.30. The van der Waals surface area contributed by atoms with Crippen molar-refractivity contribution >= 4 is 23.8 Å². The van der Waals surface area contributed by atoms with Gasteiger partial charge in [0.15, 0.2) is 0 Å². The van der Waals surface area contributed by atoms with E-state index in [1.54, 1.807) is 6.07 Å². The highest BCUT2D eigenvalue weighted by molar-refractivity contribution is 5.85. The van der Waals surface area contributed by atoms with Crippen LogP contribution in [0.15, 0.2) is 18.2 Å². The van der Waals surface area contributed by atoms with Gasteiger partial charge in [-0.15, -0.1) is 12.4 Å². The predicted octanol–water partition coefficient (Wildman–Crippen LogP) is 0.918. The first-order valence-corrected chi connectivity index (χ1v) is 5.56. The second-order valence-electron chi connectivity index (χ2n) is 3.97. The van der Waals surface area contributed by atoms with Crippen molar-refractivity contribution in [1.82, 2.24) is 5.32 Å². The quantitative estimate of drug-likeness (QED) is 0.632. The lowest BCUT2D eigenvalue weighted by molar-refractivity contribution is -0.384. The van der Waals surface area contributed by atoms with Gasteiger partial charge in [0, 0.05) is 49.6 Å². The first-order chi connectivity index (χ1) is 8.22. The van der Waals surface area contributed by atoms with Gasteiger partial charge in [0.2, 0.25) is 0 Å². The normalized spacial score (nSPS) is 15.1. The zero-order chi connectivity index (χ0) is 12.3. The van der Waals surface area contributed by atoms with Crippen LogP contribution < -0.4 is 10.2 Å². The molecular formula is C11H16ClN3O3. The van der Waals surface area contributed by atoms with E-state index < -0.39 is 4.92 Å². The standard InChI is InChI=1S/C11H15N3O3.ClH/c15-8-9-7-10(14(16)17)1-2-11(9)13-5-3-12-4-6-13;/h1-2,7,12,15H,3-6,8H2;1H. The van der Waals surface area contributed by atoms with Gasteiger partial charge in [0.1, 0.15) is 0 Å². The van der Waals surface area contributed by atoms with Crippen LogP contribution in [0.25, 0.3) is 0 Å². The largest absolute Gasteiger partial charge is 0.392 e. The van der Waals surface area contributed by atoms with E-state index in [9.17, 15) is 15.2 Å². The van der Waals surface area contributed by atoms with E-state index in [-0.39, 0.29) is 24.7 Å². The molecular weight excluding hydrogens is 258 g/mol. The van der Waals surface area contributed by atoms with Crippen molar-refractivity contribution in [2.45, 2.75) is 6.61 Å². The molecule has 1 fully saturated rings. The van der Waals surface area contributed by atoms with Crippen molar-refractivity contribution in [2.75, 3.05) is 31.1 Å². The molecule has 1 aliphatic heterocycles. The van der Waals surface area contributed by atoms with E-state index >= 15 is 0 Å². The van der Waals surface area contributed by atoms with Crippen LogP contribution in [0.4, 0.5) is 11.4 Å². The Bertz CT molecular complexity index is 422. The fraction of sp³-hybridized carbons (Fsp3) is 0.455. The van der Waals surface area contributed by atoms with Crippen LogP contribution in [0.2, 0.25) is 0 Å². The average molecular weight is 274 g/mol. The van der Waals surface area contributed by atoms with E-state index in [0.29, 0.717) is 5.56 Å². The van der Waals surface area contributed by atoms with Gasteiger partial charge in [-0.05, 0) is 6.07 Å². The summed E-state index contributed by atoms with van der Waals surface area (Å²) in [5, 5.41) is 23.2. The number of aliphatic hydroxyl groups excluding tert-OH is 1. The third-order valence-corrected chi connectivity index (χ3v) is 2.90. The second-order valence-corrected chi connectivity index (χ2v) is 3.97. The van der Waals surface area contributed by atoms with Crippen LogP contribution in [0, 0.1) is 10.1 Å². The Hall–Kier alpha value is -1.37. The Kier molecular flexibility index (Phi) is 5.33. The van der Waals surface area contributed by atoms with Gasteiger partial charge in [0.25, 0.3) is 5.69 Å². The van der Waals surface area contributed by atoms with Crippen molar-refractivity contribution in [3.8, 4) is 0 Å². The summed E-state index contributed by atoms with van der Waals surface area (Å²) in [7, 11) is 0. The molecule has 1 aromatic carbocycles. The molecule has 0 unspecified atom stereocenters. The molecule has 2 rings (SSSR count). The minimum absolute atomic E-state index is 0. The number of hydrogen-bond acceptors (Lipinski definition) is 5. The number of nitro benzene ring substituents is 1. The maximum Gasteiger partial charge on any atom is 0.269 e. The molecule has 7 heteroatoms. The third kappa shape index (κ3) is 3.10. The van der Waals surface area contributed by atoms with Crippen LogP contribution in [-0.2, 0) is 6.61 Å². The molecule has 0 spiro atoms. The van der Waals surface area contributed by atoms with Crippen molar-refractivity contribution in [3.63, 3.8) is 0 Å². The molecule has 1 aliphatic rings. The van der Waals surface area contributed by atoms with Gasteiger partial charge in [0.05, 0.1) is 11.5 Å². The van der Waals surface area contributed by atoms with Crippen molar-refractivity contribution in [2.24, 2.45) is 0 Å². The summed E-state index contributed by atoms with van der Waals surface area (Å²) in [6.45, 7) is 3.31. The van der Waals surface area contributed by atoms with Crippen LogP contribution in [0.5, 0.6) is 0 Å². The molecule has 0 aliphatic carbocycles. The third-order valence-electron chi connectivity index (χ3n) is 2.90. The highest BCUT2D eigenvalue weighted by atomic mass is 35.5. The SMILES string of the molecule is Cl.O=[N+]([O-])c1ccc(N2CCNCC2)c(CO)c1. The maximum atomic E-state index is 10.7. The number of nitrogens with one attached hydrogen (secondary N) is 1. The zero-order valence-electron chi connectivity index (χ0n) is 9.83. The van der Waals surface area contributed by atoms with Gasteiger partial charge in [-0.2, -0.15) is 0 Å². The van der Waals surface area contributed by atoms with Crippen LogP contribution in [0.3, 0.4) is 0 Å². The lowest BCUT2D eigenvalue weighted by Crippen LogP contribution is -2.43. The van der Waals surface area contributed by atoms with E-state index in [2.05, 4.69) is 10.2 Å². The molecule has 0 radical (unpaired) electrons. The number of halogens is 1. The summed E-state index contributed by atoms with van der Waals surface area (Å²) >= 11 is 0. The van der Waals surface area contributed by atoms with E-state index in [1.807, 2.05) is 0 Å². The van der Waals surface area contributed by atoms with Crippen LogP contribution in [-0.4, -0.2) is 36.2 Å². The van der Waals surface area contributed by atoms with Gasteiger partial charge < -0.3 is 15.3 Å². The summed E-state index contributed by atoms with van der Waals surface area (Å²) in [6, 6.07) is 4.64. The molecule has 1 heterocycles. The molecule has 2 N–H and O–H groups in total.